The SMILES string of the molecule is CCOc1cc(C(=O)NCc2ccc(CN(C)C)cc2)ccc1OCc1cccnc1. The van der Waals surface area contributed by atoms with E-state index in [0.717, 1.165) is 17.7 Å². The lowest BCUT2D eigenvalue weighted by Gasteiger charge is -2.14. The van der Waals surface area contributed by atoms with Crippen LogP contribution >= 0.6 is 0 Å². The molecule has 162 valence electrons. The fourth-order valence-electron chi connectivity index (χ4n) is 3.09. The minimum Gasteiger partial charge on any atom is -0.490 e. The highest BCUT2D eigenvalue weighted by atomic mass is 16.5. The number of hydrogen-bond donors (Lipinski definition) is 1. The molecule has 0 aliphatic rings. The number of aromatic nitrogens is 1. The maximum Gasteiger partial charge on any atom is 0.251 e. The number of hydrogen-bond acceptors (Lipinski definition) is 5. The zero-order valence-corrected chi connectivity index (χ0v) is 18.3. The van der Waals surface area contributed by atoms with Gasteiger partial charge in [0.15, 0.2) is 11.5 Å². The molecule has 0 aliphatic heterocycles. The number of ether oxygens (including phenoxy) is 2. The van der Waals surface area contributed by atoms with E-state index < -0.39 is 0 Å². The highest BCUT2D eigenvalue weighted by Gasteiger charge is 2.12. The summed E-state index contributed by atoms with van der Waals surface area (Å²) in [5.41, 5.74) is 3.78. The Balaban J connectivity index is 1.61. The molecule has 0 atom stereocenters. The van der Waals surface area contributed by atoms with E-state index >= 15 is 0 Å². The van der Waals surface area contributed by atoms with Gasteiger partial charge in [-0.05, 0) is 56.4 Å². The minimum absolute atomic E-state index is 0.155. The van der Waals surface area contributed by atoms with Crippen LogP contribution in [0.25, 0.3) is 0 Å². The summed E-state index contributed by atoms with van der Waals surface area (Å²) in [6, 6.07) is 17.3. The van der Waals surface area contributed by atoms with Gasteiger partial charge in [0.05, 0.1) is 6.61 Å². The van der Waals surface area contributed by atoms with E-state index in [1.54, 1.807) is 30.6 Å². The average molecular weight is 420 g/mol. The van der Waals surface area contributed by atoms with Gasteiger partial charge < -0.3 is 19.7 Å². The first-order valence-corrected chi connectivity index (χ1v) is 10.3. The number of carbonyl (C=O) groups excluding carboxylic acids is 1. The van der Waals surface area contributed by atoms with Gasteiger partial charge in [-0.25, -0.2) is 0 Å². The van der Waals surface area contributed by atoms with Gasteiger partial charge in [-0.15, -0.1) is 0 Å². The Kier molecular flexibility index (Phi) is 8.01. The Bertz CT molecular complexity index is 973. The summed E-state index contributed by atoms with van der Waals surface area (Å²) in [5.74, 6) is 0.989. The zero-order valence-electron chi connectivity index (χ0n) is 18.3. The van der Waals surface area contributed by atoms with Crippen molar-refractivity contribution in [2.75, 3.05) is 20.7 Å². The number of rotatable bonds is 10. The van der Waals surface area contributed by atoms with E-state index in [4.69, 9.17) is 9.47 Å². The van der Waals surface area contributed by atoms with Crippen molar-refractivity contribution in [3.8, 4) is 11.5 Å². The second-order valence-corrected chi connectivity index (χ2v) is 7.48. The van der Waals surface area contributed by atoms with Crippen molar-refractivity contribution in [1.29, 1.82) is 0 Å². The molecule has 1 heterocycles. The molecule has 3 aromatic rings. The third-order valence-electron chi connectivity index (χ3n) is 4.60. The first kappa shape index (κ1) is 22.3. The summed E-state index contributed by atoms with van der Waals surface area (Å²) >= 11 is 0. The molecule has 6 heteroatoms. The standard InChI is InChI=1S/C25H29N3O3/c1-4-30-24-14-22(11-12-23(24)31-18-21-6-5-13-26-15-21)25(29)27-16-19-7-9-20(10-8-19)17-28(2)3/h5-15H,4,16-18H2,1-3H3,(H,27,29). The number of benzene rings is 2. The number of pyridine rings is 1. The van der Waals surface area contributed by atoms with Crippen LogP contribution in [0.15, 0.2) is 67.0 Å². The summed E-state index contributed by atoms with van der Waals surface area (Å²) in [7, 11) is 4.08. The van der Waals surface area contributed by atoms with Crippen molar-refractivity contribution in [3.63, 3.8) is 0 Å². The lowest BCUT2D eigenvalue weighted by Crippen LogP contribution is -2.22. The van der Waals surface area contributed by atoms with Gasteiger partial charge in [-0.2, -0.15) is 0 Å². The molecule has 1 N–H and O–H groups in total. The monoisotopic (exact) mass is 419 g/mol. The molecule has 1 aromatic heterocycles. The van der Waals surface area contributed by atoms with E-state index in [-0.39, 0.29) is 5.91 Å². The molecule has 0 radical (unpaired) electrons. The van der Waals surface area contributed by atoms with Crippen LogP contribution in [0, 0.1) is 0 Å². The van der Waals surface area contributed by atoms with Gasteiger partial charge in [-0.1, -0.05) is 30.3 Å². The fraction of sp³-hybridized carbons (Fsp3) is 0.280. The van der Waals surface area contributed by atoms with Crippen LogP contribution in [0.3, 0.4) is 0 Å². The maximum absolute atomic E-state index is 12.7. The van der Waals surface area contributed by atoms with Gasteiger partial charge in [-0.3, -0.25) is 9.78 Å². The summed E-state index contributed by atoms with van der Waals surface area (Å²) in [4.78, 5) is 18.9. The number of amides is 1. The molecule has 6 nitrogen and oxygen atoms in total. The second-order valence-electron chi connectivity index (χ2n) is 7.48. The molecular formula is C25H29N3O3. The molecule has 0 fully saturated rings. The number of nitrogens with one attached hydrogen (secondary N) is 1. The minimum atomic E-state index is -0.155. The quantitative estimate of drug-likeness (QED) is 0.537. The lowest BCUT2D eigenvalue weighted by molar-refractivity contribution is 0.0950. The van der Waals surface area contributed by atoms with Gasteiger partial charge in [0.2, 0.25) is 0 Å². The normalized spacial score (nSPS) is 10.7. The third kappa shape index (κ3) is 6.83. The Labute approximate surface area is 183 Å². The summed E-state index contributed by atoms with van der Waals surface area (Å²) in [6.45, 7) is 4.11. The fourth-order valence-corrected chi connectivity index (χ4v) is 3.09. The molecular weight excluding hydrogens is 390 g/mol. The van der Waals surface area contributed by atoms with Crippen molar-refractivity contribution in [2.45, 2.75) is 26.6 Å². The van der Waals surface area contributed by atoms with Crippen LogP contribution in [-0.2, 0) is 19.7 Å². The number of nitrogens with zero attached hydrogens (tertiary/aromatic N) is 2. The van der Waals surface area contributed by atoms with Crippen molar-refractivity contribution < 1.29 is 14.3 Å². The predicted octanol–water partition coefficient (Wildman–Crippen LogP) is 4.05. The highest BCUT2D eigenvalue weighted by Crippen LogP contribution is 2.29. The van der Waals surface area contributed by atoms with Crippen LogP contribution in [0.2, 0.25) is 0 Å². The second kappa shape index (κ2) is 11.1. The van der Waals surface area contributed by atoms with Crippen molar-refractivity contribution in [2.24, 2.45) is 0 Å². The number of carbonyl (C=O) groups is 1. The molecule has 0 bridgehead atoms. The Morgan fingerprint density at radius 2 is 1.74 bits per heavy atom. The third-order valence-corrected chi connectivity index (χ3v) is 4.60. The Morgan fingerprint density at radius 1 is 0.968 bits per heavy atom. The maximum atomic E-state index is 12.7. The van der Waals surface area contributed by atoms with Crippen molar-refractivity contribution >= 4 is 5.91 Å². The Morgan fingerprint density at radius 3 is 2.42 bits per heavy atom. The van der Waals surface area contributed by atoms with E-state index in [2.05, 4.69) is 27.3 Å². The average Bonchev–Trinajstić information content (AvgIpc) is 2.78. The van der Waals surface area contributed by atoms with Crippen LogP contribution < -0.4 is 14.8 Å². The van der Waals surface area contributed by atoms with Gasteiger partial charge in [0, 0.05) is 36.6 Å². The molecule has 0 aliphatic carbocycles. The first-order chi connectivity index (χ1) is 15.0. The molecule has 0 spiro atoms. The van der Waals surface area contributed by atoms with Crippen molar-refractivity contribution in [3.05, 3.63) is 89.2 Å². The summed E-state index contributed by atoms with van der Waals surface area (Å²) in [6.07, 6.45) is 3.48. The van der Waals surface area contributed by atoms with Crippen LogP contribution in [0.4, 0.5) is 0 Å². The summed E-state index contributed by atoms with van der Waals surface area (Å²) in [5, 5.41) is 2.97. The molecule has 31 heavy (non-hydrogen) atoms. The topological polar surface area (TPSA) is 63.7 Å². The predicted molar refractivity (Wildman–Crippen MR) is 121 cm³/mol. The van der Waals surface area contributed by atoms with E-state index in [1.165, 1.54) is 5.56 Å². The zero-order chi connectivity index (χ0) is 22.1. The van der Waals surface area contributed by atoms with E-state index in [9.17, 15) is 4.79 Å². The lowest BCUT2D eigenvalue weighted by atomic mass is 10.1. The van der Waals surface area contributed by atoms with Crippen molar-refractivity contribution in [1.82, 2.24) is 15.2 Å². The van der Waals surface area contributed by atoms with Gasteiger partial charge >= 0.3 is 0 Å². The summed E-state index contributed by atoms with van der Waals surface area (Å²) < 4.78 is 11.6. The largest absolute Gasteiger partial charge is 0.490 e. The molecule has 0 saturated heterocycles. The van der Waals surface area contributed by atoms with Gasteiger partial charge in [0.25, 0.3) is 5.91 Å². The molecule has 2 aromatic carbocycles. The van der Waals surface area contributed by atoms with Crippen LogP contribution in [-0.4, -0.2) is 36.5 Å². The molecule has 0 saturated carbocycles. The highest BCUT2D eigenvalue weighted by molar-refractivity contribution is 5.94. The van der Waals surface area contributed by atoms with E-state index in [1.807, 2.05) is 45.3 Å². The van der Waals surface area contributed by atoms with E-state index in [0.29, 0.717) is 36.8 Å². The Hall–Kier alpha value is -3.38. The van der Waals surface area contributed by atoms with Crippen LogP contribution in [0.1, 0.15) is 34.0 Å². The van der Waals surface area contributed by atoms with Gasteiger partial charge in [0.1, 0.15) is 6.61 Å². The molecule has 3 rings (SSSR count). The molecule has 1 amide bonds. The van der Waals surface area contributed by atoms with Crippen LogP contribution in [0.5, 0.6) is 11.5 Å². The first-order valence-electron chi connectivity index (χ1n) is 10.3. The molecule has 0 unspecified atom stereocenters. The smallest absolute Gasteiger partial charge is 0.251 e.